The van der Waals surface area contributed by atoms with Crippen molar-refractivity contribution < 1.29 is 9.21 Å². The number of carbonyl (C=O) groups excluding carboxylic acids is 1. The SMILES string of the molecule is Cc1ccc(-c2cc(C(=O)Nc3ccccc3)c(C)o2)cc1. The van der Waals surface area contributed by atoms with Crippen molar-refractivity contribution in [3.05, 3.63) is 77.6 Å². The third kappa shape index (κ3) is 2.93. The molecule has 0 radical (unpaired) electrons. The van der Waals surface area contributed by atoms with Crippen LogP contribution < -0.4 is 5.32 Å². The molecule has 0 fully saturated rings. The number of carbonyl (C=O) groups is 1. The zero-order valence-corrected chi connectivity index (χ0v) is 12.6. The van der Waals surface area contributed by atoms with Gasteiger partial charge in [0.25, 0.3) is 5.91 Å². The Hall–Kier alpha value is -2.81. The van der Waals surface area contributed by atoms with Crippen molar-refractivity contribution >= 4 is 11.6 Å². The molecule has 0 bridgehead atoms. The molecule has 0 spiro atoms. The second-order valence-electron chi connectivity index (χ2n) is 5.27. The molecule has 3 aromatic rings. The van der Waals surface area contributed by atoms with Crippen LogP contribution in [0.3, 0.4) is 0 Å². The Morgan fingerprint density at radius 3 is 2.32 bits per heavy atom. The van der Waals surface area contributed by atoms with Crippen molar-refractivity contribution in [2.24, 2.45) is 0 Å². The molecular weight excluding hydrogens is 274 g/mol. The Balaban J connectivity index is 1.86. The Labute approximate surface area is 129 Å². The molecule has 2 aromatic carbocycles. The van der Waals surface area contributed by atoms with Gasteiger partial charge in [0.05, 0.1) is 5.56 Å². The fraction of sp³-hybridized carbons (Fsp3) is 0.105. The Morgan fingerprint density at radius 1 is 0.955 bits per heavy atom. The van der Waals surface area contributed by atoms with Crippen molar-refractivity contribution in [3.63, 3.8) is 0 Å². The van der Waals surface area contributed by atoms with Gasteiger partial charge in [-0.1, -0.05) is 48.0 Å². The maximum atomic E-state index is 12.4. The molecule has 0 atom stereocenters. The molecule has 3 rings (SSSR count). The summed E-state index contributed by atoms with van der Waals surface area (Å²) >= 11 is 0. The maximum Gasteiger partial charge on any atom is 0.259 e. The molecule has 3 heteroatoms. The standard InChI is InChI=1S/C19H17NO2/c1-13-8-10-15(11-9-13)18-12-17(14(2)22-18)19(21)20-16-6-4-3-5-7-16/h3-12H,1-2H3,(H,20,21). The second-order valence-corrected chi connectivity index (χ2v) is 5.27. The third-order valence-electron chi connectivity index (χ3n) is 3.53. The van der Waals surface area contributed by atoms with Gasteiger partial charge in [-0.2, -0.15) is 0 Å². The first-order valence-corrected chi connectivity index (χ1v) is 7.17. The summed E-state index contributed by atoms with van der Waals surface area (Å²) in [7, 11) is 0. The summed E-state index contributed by atoms with van der Waals surface area (Å²) in [5.41, 5.74) is 3.48. The van der Waals surface area contributed by atoms with Crippen LogP contribution in [0.1, 0.15) is 21.7 Å². The van der Waals surface area contributed by atoms with Gasteiger partial charge in [0.15, 0.2) is 0 Å². The molecule has 0 saturated carbocycles. The number of anilines is 1. The number of hydrogen-bond donors (Lipinski definition) is 1. The molecule has 1 N–H and O–H groups in total. The minimum atomic E-state index is -0.161. The molecule has 0 aliphatic heterocycles. The molecular formula is C19H17NO2. The topological polar surface area (TPSA) is 42.2 Å². The van der Waals surface area contributed by atoms with Crippen LogP contribution in [0, 0.1) is 13.8 Å². The summed E-state index contributed by atoms with van der Waals surface area (Å²) in [6.45, 7) is 3.84. The quantitative estimate of drug-likeness (QED) is 0.752. The Kier molecular flexibility index (Phi) is 3.79. The average Bonchev–Trinajstić information content (AvgIpc) is 2.91. The van der Waals surface area contributed by atoms with Gasteiger partial charge in [0, 0.05) is 11.3 Å². The number of benzene rings is 2. The minimum absolute atomic E-state index is 0.161. The van der Waals surface area contributed by atoms with Crippen LogP contribution in [0.5, 0.6) is 0 Å². The highest BCUT2D eigenvalue weighted by Crippen LogP contribution is 2.26. The largest absolute Gasteiger partial charge is 0.461 e. The number of amides is 1. The van der Waals surface area contributed by atoms with E-state index in [4.69, 9.17) is 4.42 Å². The molecule has 1 aromatic heterocycles. The highest BCUT2D eigenvalue weighted by molar-refractivity contribution is 6.05. The molecule has 0 aliphatic carbocycles. The summed E-state index contributed by atoms with van der Waals surface area (Å²) in [6.07, 6.45) is 0. The molecule has 110 valence electrons. The van der Waals surface area contributed by atoms with Gasteiger partial charge in [-0.15, -0.1) is 0 Å². The summed E-state index contributed by atoms with van der Waals surface area (Å²) in [5.74, 6) is 1.16. The van der Waals surface area contributed by atoms with E-state index in [-0.39, 0.29) is 5.91 Å². The van der Waals surface area contributed by atoms with E-state index < -0.39 is 0 Å². The van der Waals surface area contributed by atoms with Gasteiger partial charge >= 0.3 is 0 Å². The van der Waals surface area contributed by atoms with Crippen LogP contribution in [0.4, 0.5) is 5.69 Å². The van der Waals surface area contributed by atoms with E-state index in [1.54, 1.807) is 13.0 Å². The number of hydrogen-bond acceptors (Lipinski definition) is 2. The van der Waals surface area contributed by atoms with Crippen LogP contribution in [0.25, 0.3) is 11.3 Å². The monoisotopic (exact) mass is 291 g/mol. The number of aryl methyl sites for hydroxylation is 2. The van der Waals surface area contributed by atoms with E-state index >= 15 is 0 Å². The van der Waals surface area contributed by atoms with Gasteiger partial charge in [-0.3, -0.25) is 4.79 Å². The molecule has 1 heterocycles. The summed E-state index contributed by atoms with van der Waals surface area (Å²) in [6, 6.07) is 19.2. The first kappa shape index (κ1) is 14.1. The predicted octanol–water partition coefficient (Wildman–Crippen LogP) is 4.82. The lowest BCUT2D eigenvalue weighted by Gasteiger charge is -2.03. The van der Waals surface area contributed by atoms with Gasteiger partial charge in [0.2, 0.25) is 0 Å². The van der Waals surface area contributed by atoms with Crippen molar-refractivity contribution in [3.8, 4) is 11.3 Å². The van der Waals surface area contributed by atoms with Gasteiger partial charge < -0.3 is 9.73 Å². The fourth-order valence-corrected chi connectivity index (χ4v) is 2.29. The predicted molar refractivity (Wildman–Crippen MR) is 88.0 cm³/mol. The van der Waals surface area contributed by atoms with Crippen molar-refractivity contribution in [1.82, 2.24) is 0 Å². The van der Waals surface area contributed by atoms with Gasteiger partial charge in [0.1, 0.15) is 11.5 Å². The molecule has 22 heavy (non-hydrogen) atoms. The number of para-hydroxylation sites is 1. The normalized spacial score (nSPS) is 10.5. The highest BCUT2D eigenvalue weighted by Gasteiger charge is 2.16. The summed E-state index contributed by atoms with van der Waals surface area (Å²) in [5, 5.41) is 2.87. The fourth-order valence-electron chi connectivity index (χ4n) is 2.29. The lowest BCUT2D eigenvalue weighted by Crippen LogP contribution is -2.11. The molecule has 1 amide bonds. The highest BCUT2D eigenvalue weighted by atomic mass is 16.3. The van der Waals surface area contributed by atoms with E-state index in [2.05, 4.69) is 5.32 Å². The lowest BCUT2D eigenvalue weighted by atomic mass is 10.1. The molecule has 3 nitrogen and oxygen atoms in total. The number of nitrogens with one attached hydrogen (secondary N) is 1. The van der Waals surface area contributed by atoms with E-state index in [1.165, 1.54) is 5.56 Å². The first-order chi connectivity index (χ1) is 10.6. The van der Waals surface area contributed by atoms with Crippen LogP contribution in [-0.4, -0.2) is 5.91 Å². The van der Waals surface area contributed by atoms with Crippen LogP contribution in [0.15, 0.2) is 65.1 Å². The van der Waals surface area contributed by atoms with Gasteiger partial charge in [-0.05, 0) is 32.0 Å². The second kappa shape index (κ2) is 5.90. The Bertz CT molecular complexity index is 786. The van der Waals surface area contributed by atoms with Crippen molar-refractivity contribution in [2.75, 3.05) is 5.32 Å². The lowest BCUT2D eigenvalue weighted by molar-refractivity contribution is 0.102. The maximum absolute atomic E-state index is 12.4. The van der Waals surface area contributed by atoms with E-state index in [0.717, 1.165) is 11.3 Å². The molecule has 0 unspecified atom stereocenters. The Morgan fingerprint density at radius 2 is 1.64 bits per heavy atom. The number of rotatable bonds is 3. The van der Waals surface area contributed by atoms with E-state index in [1.807, 2.05) is 61.5 Å². The van der Waals surface area contributed by atoms with Crippen LogP contribution in [-0.2, 0) is 0 Å². The van der Waals surface area contributed by atoms with Crippen molar-refractivity contribution in [1.29, 1.82) is 0 Å². The number of furan rings is 1. The first-order valence-electron chi connectivity index (χ1n) is 7.17. The third-order valence-corrected chi connectivity index (χ3v) is 3.53. The molecule has 0 aliphatic rings. The van der Waals surface area contributed by atoms with E-state index in [9.17, 15) is 4.79 Å². The zero-order valence-electron chi connectivity index (χ0n) is 12.6. The summed E-state index contributed by atoms with van der Waals surface area (Å²) in [4.78, 5) is 12.4. The zero-order chi connectivity index (χ0) is 15.5. The van der Waals surface area contributed by atoms with Gasteiger partial charge in [-0.25, -0.2) is 0 Å². The van der Waals surface area contributed by atoms with Crippen LogP contribution in [0.2, 0.25) is 0 Å². The van der Waals surface area contributed by atoms with Crippen LogP contribution >= 0.6 is 0 Å². The minimum Gasteiger partial charge on any atom is -0.461 e. The van der Waals surface area contributed by atoms with Crippen molar-refractivity contribution in [2.45, 2.75) is 13.8 Å². The smallest absolute Gasteiger partial charge is 0.259 e. The average molecular weight is 291 g/mol. The molecule has 0 saturated heterocycles. The summed E-state index contributed by atoms with van der Waals surface area (Å²) < 4.78 is 5.74. The van der Waals surface area contributed by atoms with E-state index in [0.29, 0.717) is 17.1 Å².